The topological polar surface area (TPSA) is 124 Å². The van der Waals surface area contributed by atoms with Crippen LogP contribution in [0.3, 0.4) is 0 Å². The molecular weight excluding hydrogens is 378 g/mol. The number of nitro groups is 1. The molecule has 0 fully saturated rings. The van der Waals surface area contributed by atoms with Crippen LogP contribution in [-0.4, -0.2) is 32.2 Å². The van der Waals surface area contributed by atoms with Crippen molar-refractivity contribution in [1.29, 1.82) is 5.26 Å². The van der Waals surface area contributed by atoms with E-state index in [0.717, 1.165) is 5.56 Å². The van der Waals surface area contributed by atoms with Gasteiger partial charge in [-0.25, -0.2) is 0 Å². The lowest BCUT2D eigenvalue weighted by Gasteiger charge is -2.09. The third kappa shape index (κ3) is 5.23. The van der Waals surface area contributed by atoms with Crippen molar-refractivity contribution < 1.29 is 23.9 Å². The number of nitrogens with one attached hydrogen (secondary N) is 1. The smallest absolute Gasteiger partial charge is 0.311 e. The van der Waals surface area contributed by atoms with Crippen molar-refractivity contribution in [2.45, 2.75) is 6.54 Å². The zero-order valence-electron chi connectivity index (χ0n) is 16.1. The number of carbonyl (C=O) groups excluding carboxylic acids is 1. The van der Waals surface area contributed by atoms with E-state index in [1.807, 2.05) is 0 Å². The highest BCUT2D eigenvalue weighted by Gasteiger charge is 2.20. The second kappa shape index (κ2) is 9.75. The Morgan fingerprint density at radius 3 is 2.31 bits per heavy atom. The fourth-order valence-corrected chi connectivity index (χ4v) is 2.49. The number of ether oxygens (including phenoxy) is 3. The first-order valence-electron chi connectivity index (χ1n) is 8.36. The predicted octanol–water partition coefficient (Wildman–Crippen LogP) is 2.84. The van der Waals surface area contributed by atoms with Crippen molar-refractivity contribution in [2.24, 2.45) is 0 Å². The Hall–Kier alpha value is -4.06. The minimum atomic E-state index is -0.621. The average molecular weight is 397 g/mol. The molecule has 9 nitrogen and oxygen atoms in total. The van der Waals surface area contributed by atoms with E-state index in [9.17, 15) is 20.2 Å². The van der Waals surface area contributed by atoms with Gasteiger partial charge in [-0.3, -0.25) is 14.9 Å². The molecule has 0 heterocycles. The Morgan fingerprint density at radius 1 is 1.14 bits per heavy atom. The molecule has 1 amide bonds. The van der Waals surface area contributed by atoms with Crippen molar-refractivity contribution in [3.05, 3.63) is 63.2 Å². The molecular formula is C20H19N3O6. The summed E-state index contributed by atoms with van der Waals surface area (Å²) in [6.07, 6.45) is 1.23. The molecule has 0 aliphatic rings. The normalized spacial score (nSPS) is 10.6. The minimum absolute atomic E-state index is 0.00599. The van der Waals surface area contributed by atoms with Gasteiger partial charge in [0, 0.05) is 24.2 Å². The lowest BCUT2D eigenvalue weighted by Crippen LogP contribution is -2.23. The summed E-state index contributed by atoms with van der Waals surface area (Å²) in [5.74, 6) is 0.296. The second-order valence-corrected chi connectivity index (χ2v) is 5.72. The maximum absolute atomic E-state index is 12.4. The molecule has 0 saturated carbocycles. The Balaban J connectivity index is 2.27. The number of hydrogen-bond donors (Lipinski definition) is 1. The van der Waals surface area contributed by atoms with Crippen LogP contribution in [0.4, 0.5) is 5.69 Å². The van der Waals surface area contributed by atoms with E-state index in [2.05, 4.69) is 5.32 Å². The zero-order valence-corrected chi connectivity index (χ0v) is 16.1. The molecule has 2 rings (SSSR count). The summed E-state index contributed by atoms with van der Waals surface area (Å²) < 4.78 is 15.3. The van der Waals surface area contributed by atoms with Gasteiger partial charge in [0.25, 0.3) is 5.91 Å². The summed E-state index contributed by atoms with van der Waals surface area (Å²) in [6, 6.07) is 11.4. The molecule has 150 valence electrons. The average Bonchev–Trinajstić information content (AvgIpc) is 2.75. The van der Waals surface area contributed by atoms with Crippen LogP contribution in [0, 0.1) is 21.4 Å². The zero-order chi connectivity index (χ0) is 21.4. The summed E-state index contributed by atoms with van der Waals surface area (Å²) in [4.78, 5) is 23.0. The second-order valence-electron chi connectivity index (χ2n) is 5.72. The van der Waals surface area contributed by atoms with Crippen molar-refractivity contribution >= 4 is 17.7 Å². The number of hydrogen-bond acceptors (Lipinski definition) is 7. The van der Waals surface area contributed by atoms with Crippen LogP contribution in [0.15, 0.2) is 42.0 Å². The molecule has 0 saturated heterocycles. The number of nitro benzene ring substituents is 1. The van der Waals surface area contributed by atoms with Crippen LogP contribution in [0.1, 0.15) is 11.1 Å². The Kier molecular flexibility index (Phi) is 7.14. The van der Waals surface area contributed by atoms with Crippen LogP contribution in [0.5, 0.6) is 17.2 Å². The summed E-state index contributed by atoms with van der Waals surface area (Å²) >= 11 is 0. The Morgan fingerprint density at radius 2 is 1.79 bits per heavy atom. The molecule has 0 aliphatic heterocycles. The SMILES string of the molecule is COc1ccc(CNC(=O)/C(C#N)=C\c2cc([N+](=O)[O-])c(OC)cc2OC)cc1. The quantitative estimate of drug-likeness (QED) is 0.314. The molecule has 0 aromatic heterocycles. The maximum Gasteiger partial charge on any atom is 0.311 e. The van der Waals surface area contributed by atoms with Crippen molar-refractivity contribution in [3.8, 4) is 23.3 Å². The number of rotatable bonds is 8. The van der Waals surface area contributed by atoms with E-state index in [1.165, 1.54) is 32.4 Å². The van der Waals surface area contributed by atoms with Gasteiger partial charge in [0.1, 0.15) is 23.1 Å². The van der Waals surface area contributed by atoms with Crippen LogP contribution in [0.25, 0.3) is 6.08 Å². The minimum Gasteiger partial charge on any atom is -0.497 e. The van der Waals surface area contributed by atoms with E-state index in [4.69, 9.17) is 14.2 Å². The molecule has 9 heteroatoms. The van der Waals surface area contributed by atoms with Crippen LogP contribution in [0.2, 0.25) is 0 Å². The molecule has 2 aromatic rings. The number of methoxy groups -OCH3 is 3. The monoisotopic (exact) mass is 397 g/mol. The lowest BCUT2D eigenvalue weighted by molar-refractivity contribution is -0.385. The van der Waals surface area contributed by atoms with Gasteiger partial charge < -0.3 is 19.5 Å². The molecule has 1 N–H and O–H groups in total. The Labute approximate surface area is 167 Å². The van der Waals surface area contributed by atoms with Gasteiger partial charge in [-0.15, -0.1) is 0 Å². The predicted molar refractivity (Wildman–Crippen MR) is 105 cm³/mol. The van der Waals surface area contributed by atoms with E-state index < -0.39 is 10.8 Å². The first-order chi connectivity index (χ1) is 13.9. The number of benzene rings is 2. The molecule has 2 aromatic carbocycles. The first-order valence-corrected chi connectivity index (χ1v) is 8.36. The van der Waals surface area contributed by atoms with Gasteiger partial charge in [0.15, 0.2) is 0 Å². The van der Waals surface area contributed by atoms with Crippen molar-refractivity contribution in [2.75, 3.05) is 21.3 Å². The van der Waals surface area contributed by atoms with Crippen molar-refractivity contribution in [3.63, 3.8) is 0 Å². The van der Waals surface area contributed by atoms with Crippen LogP contribution >= 0.6 is 0 Å². The fraction of sp³-hybridized carbons (Fsp3) is 0.200. The van der Waals surface area contributed by atoms with E-state index in [1.54, 1.807) is 37.4 Å². The molecule has 0 spiro atoms. The number of nitrogens with zero attached hydrogens (tertiary/aromatic N) is 2. The fourth-order valence-electron chi connectivity index (χ4n) is 2.49. The largest absolute Gasteiger partial charge is 0.497 e. The highest BCUT2D eigenvalue weighted by atomic mass is 16.6. The first kappa shape index (κ1) is 21.2. The van der Waals surface area contributed by atoms with Gasteiger partial charge in [0.05, 0.1) is 26.3 Å². The standard InChI is InChI=1S/C20H19N3O6/c1-27-16-6-4-13(5-7-16)12-22-20(24)15(11-21)8-14-9-17(23(25)26)19(29-3)10-18(14)28-2/h4-10H,12H2,1-3H3,(H,22,24)/b15-8-. The highest BCUT2D eigenvalue weighted by molar-refractivity contribution is 6.02. The molecule has 0 radical (unpaired) electrons. The van der Waals surface area contributed by atoms with Gasteiger partial charge >= 0.3 is 5.69 Å². The van der Waals surface area contributed by atoms with E-state index in [0.29, 0.717) is 5.75 Å². The summed E-state index contributed by atoms with van der Waals surface area (Å²) in [5.41, 5.74) is 0.483. The summed E-state index contributed by atoms with van der Waals surface area (Å²) in [6.45, 7) is 0.196. The maximum atomic E-state index is 12.4. The number of carbonyl (C=O) groups is 1. The van der Waals surface area contributed by atoms with Gasteiger partial charge in [-0.2, -0.15) is 5.26 Å². The number of amides is 1. The Bertz CT molecular complexity index is 977. The molecule has 29 heavy (non-hydrogen) atoms. The number of nitriles is 1. The third-order valence-electron chi connectivity index (χ3n) is 4.00. The van der Waals surface area contributed by atoms with Gasteiger partial charge in [0.2, 0.25) is 5.75 Å². The molecule has 0 atom stereocenters. The molecule has 0 unspecified atom stereocenters. The lowest BCUT2D eigenvalue weighted by atomic mass is 10.1. The van der Waals surface area contributed by atoms with Crippen molar-refractivity contribution in [1.82, 2.24) is 5.32 Å². The summed E-state index contributed by atoms with van der Waals surface area (Å²) in [5, 5.41) is 23.2. The van der Waals surface area contributed by atoms with Crippen LogP contribution < -0.4 is 19.5 Å². The third-order valence-corrected chi connectivity index (χ3v) is 4.00. The molecule has 0 bridgehead atoms. The molecule has 0 aliphatic carbocycles. The highest BCUT2D eigenvalue weighted by Crippen LogP contribution is 2.35. The van der Waals surface area contributed by atoms with Gasteiger partial charge in [-0.05, 0) is 23.8 Å². The van der Waals surface area contributed by atoms with E-state index in [-0.39, 0.29) is 34.9 Å². The van der Waals surface area contributed by atoms with Gasteiger partial charge in [-0.1, -0.05) is 12.1 Å². The summed E-state index contributed by atoms with van der Waals surface area (Å²) in [7, 11) is 4.22. The van der Waals surface area contributed by atoms with E-state index >= 15 is 0 Å². The van der Waals surface area contributed by atoms with Crippen LogP contribution in [-0.2, 0) is 11.3 Å².